The Kier molecular flexibility index (Phi) is 6.19. The second-order valence-corrected chi connectivity index (χ2v) is 2.43. The van der Waals surface area contributed by atoms with E-state index in [-0.39, 0.29) is 6.04 Å². The van der Waals surface area contributed by atoms with Gasteiger partial charge in [0.1, 0.15) is 0 Å². The number of aliphatic imine (C=N–C) groups is 1. The summed E-state index contributed by atoms with van der Waals surface area (Å²) in [4.78, 5) is 3.89. The third-order valence-electron chi connectivity index (χ3n) is 1.34. The molecule has 0 aliphatic rings. The molecule has 0 aromatic rings. The summed E-state index contributed by atoms with van der Waals surface area (Å²) in [7, 11) is 1.37. The summed E-state index contributed by atoms with van der Waals surface area (Å²) in [5.74, 6) is 0. The summed E-state index contributed by atoms with van der Waals surface area (Å²) in [6.07, 6.45) is 8.72. The van der Waals surface area contributed by atoms with Crippen molar-refractivity contribution in [2.75, 3.05) is 7.05 Å². The van der Waals surface area contributed by atoms with Gasteiger partial charge in [0.2, 0.25) is 0 Å². The third-order valence-corrected chi connectivity index (χ3v) is 1.34. The fourth-order valence-electron chi connectivity index (χ4n) is 0.477. The van der Waals surface area contributed by atoms with Crippen molar-refractivity contribution in [2.45, 2.75) is 19.9 Å². The van der Waals surface area contributed by atoms with Gasteiger partial charge in [-0.2, -0.15) is 0 Å². The first-order valence-electron chi connectivity index (χ1n) is 3.88. The Bertz CT molecular complexity index is 183. The largest absolute Gasteiger partial charge is 0.267 e. The molecule has 0 spiro atoms. The van der Waals surface area contributed by atoms with E-state index >= 15 is 0 Å². The minimum Gasteiger partial charge on any atom is -0.267 e. The predicted molar refractivity (Wildman–Crippen MR) is 50.8 cm³/mol. The zero-order chi connectivity index (χ0) is 9.40. The highest BCUT2D eigenvalue weighted by molar-refractivity contribution is 5.64. The predicted octanol–water partition coefficient (Wildman–Crippen LogP) is 2.35. The van der Waals surface area contributed by atoms with E-state index in [0.717, 1.165) is 0 Å². The Morgan fingerprint density at radius 3 is 2.58 bits per heavy atom. The Hall–Kier alpha value is -0.960. The maximum Gasteiger partial charge on any atom is 0.0722 e. The van der Waals surface area contributed by atoms with Gasteiger partial charge in [0.05, 0.1) is 6.04 Å². The van der Waals surface area contributed by atoms with Gasteiger partial charge in [-0.15, -0.1) is 9.60 Å². The molecule has 0 aliphatic carbocycles. The molecule has 12 heavy (non-hydrogen) atoms. The van der Waals surface area contributed by atoms with Gasteiger partial charge in [-0.25, -0.2) is 0 Å². The highest BCUT2D eigenvalue weighted by Gasteiger charge is 2.01. The summed E-state index contributed by atoms with van der Waals surface area (Å²) in [6.45, 7) is 3.65. The van der Waals surface area contributed by atoms with Crippen molar-refractivity contribution in [2.24, 2.45) is 4.99 Å². The fraction of sp³-hybridized carbons (Fsp3) is 0.444. The van der Waals surface area contributed by atoms with Crippen LogP contribution in [-0.4, -0.2) is 24.4 Å². The van der Waals surface area contributed by atoms with Crippen LogP contribution in [-0.2, 0) is 0 Å². The number of allylic oxidation sites excluding steroid dienone is 3. The fourth-order valence-corrected chi connectivity index (χ4v) is 0.477. The molecule has 0 bridgehead atoms. The SMILES string of the molecule is C\C=C/C=C\N=C/C(C)N(C)F. The zero-order valence-electron chi connectivity index (χ0n) is 7.74. The van der Waals surface area contributed by atoms with Gasteiger partial charge in [0.15, 0.2) is 0 Å². The topological polar surface area (TPSA) is 15.6 Å². The normalized spacial score (nSPS) is 15.8. The van der Waals surface area contributed by atoms with Crippen molar-refractivity contribution < 1.29 is 4.48 Å². The van der Waals surface area contributed by atoms with Crippen LogP contribution in [0.2, 0.25) is 0 Å². The van der Waals surface area contributed by atoms with Crippen LogP contribution in [0.15, 0.2) is 29.4 Å². The molecule has 0 saturated carbocycles. The van der Waals surface area contributed by atoms with Crippen LogP contribution in [0.4, 0.5) is 4.48 Å². The van der Waals surface area contributed by atoms with E-state index in [1.54, 1.807) is 25.4 Å². The summed E-state index contributed by atoms with van der Waals surface area (Å²) in [5, 5.41) is 0.604. The van der Waals surface area contributed by atoms with Gasteiger partial charge in [0.25, 0.3) is 0 Å². The van der Waals surface area contributed by atoms with Crippen molar-refractivity contribution in [3.8, 4) is 0 Å². The van der Waals surface area contributed by atoms with Gasteiger partial charge in [-0.05, 0) is 19.9 Å². The van der Waals surface area contributed by atoms with Crippen molar-refractivity contribution >= 4 is 6.21 Å². The Morgan fingerprint density at radius 1 is 1.42 bits per heavy atom. The van der Waals surface area contributed by atoms with Gasteiger partial charge in [-0.3, -0.25) is 4.99 Å². The molecule has 0 aromatic heterocycles. The van der Waals surface area contributed by atoms with E-state index in [2.05, 4.69) is 4.99 Å². The van der Waals surface area contributed by atoms with Gasteiger partial charge in [-0.1, -0.05) is 12.2 Å². The van der Waals surface area contributed by atoms with Crippen LogP contribution >= 0.6 is 0 Å². The number of hydrogen-bond acceptors (Lipinski definition) is 2. The molecule has 0 amide bonds. The molecular formula is C9H15FN2. The Balaban J connectivity index is 3.75. The molecule has 0 fully saturated rings. The van der Waals surface area contributed by atoms with Crippen LogP contribution < -0.4 is 0 Å². The molecular weight excluding hydrogens is 155 g/mol. The van der Waals surface area contributed by atoms with Crippen LogP contribution in [0.3, 0.4) is 0 Å². The van der Waals surface area contributed by atoms with Crippen molar-refractivity contribution in [3.05, 3.63) is 24.4 Å². The minimum atomic E-state index is -0.278. The lowest BCUT2D eigenvalue weighted by Gasteiger charge is -2.07. The minimum absolute atomic E-state index is 0.278. The lowest BCUT2D eigenvalue weighted by molar-refractivity contribution is 0.0459. The first-order chi connectivity index (χ1) is 5.68. The standard InChI is InChI=1S/C9H15FN2/c1-4-5-6-7-11-8-9(2)12(3)10/h4-9H,1-3H3/b5-4-,7-6-,11-8-. The van der Waals surface area contributed by atoms with E-state index in [1.165, 1.54) is 7.05 Å². The van der Waals surface area contributed by atoms with E-state index < -0.39 is 0 Å². The third kappa shape index (κ3) is 5.80. The lowest BCUT2D eigenvalue weighted by atomic mass is 10.4. The number of nitrogens with zero attached hydrogens (tertiary/aromatic N) is 2. The van der Waals surface area contributed by atoms with Crippen LogP contribution in [0, 0.1) is 0 Å². The second kappa shape index (κ2) is 6.73. The molecule has 3 heteroatoms. The summed E-state index contributed by atoms with van der Waals surface area (Å²) in [6, 6.07) is -0.278. The molecule has 68 valence electrons. The van der Waals surface area contributed by atoms with Crippen LogP contribution in [0.5, 0.6) is 0 Å². The second-order valence-electron chi connectivity index (χ2n) is 2.43. The van der Waals surface area contributed by atoms with Crippen molar-refractivity contribution in [1.29, 1.82) is 0 Å². The molecule has 1 unspecified atom stereocenters. The average Bonchev–Trinajstić information content (AvgIpc) is 2.03. The number of hydrogen-bond donors (Lipinski definition) is 0. The quantitative estimate of drug-likeness (QED) is 0.359. The van der Waals surface area contributed by atoms with E-state index in [0.29, 0.717) is 5.12 Å². The first-order valence-corrected chi connectivity index (χ1v) is 3.88. The Labute approximate surface area is 73.0 Å². The van der Waals surface area contributed by atoms with Gasteiger partial charge >= 0.3 is 0 Å². The van der Waals surface area contributed by atoms with E-state index in [9.17, 15) is 4.48 Å². The summed E-state index contributed by atoms with van der Waals surface area (Å²) >= 11 is 0. The molecule has 0 aromatic carbocycles. The van der Waals surface area contributed by atoms with Crippen molar-refractivity contribution in [3.63, 3.8) is 0 Å². The molecule has 1 atom stereocenters. The molecule has 2 nitrogen and oxygen atoms in total. The molecule has 0 heterocycles. The highest BCUT2D eigenvalue weighted by atomic mass is 19.2. The monoisotopic (exact) mass is 170 g/mol. The van der Waals surface area contributed by atoms with E-state index in [4.69, 9.17) is 0 Å². The van der Waals surface area contributed by atoms with E-state index in [1.807, 2.05) is 19.1 Å². The number of rotatable bonds is 4. The molecule has 0 aliphatic heterocycles. The smallest absolute Gasteiger partial charge is 0.0722 e. The Morgan fingerprint density at radius 2 is 2.08 bits per heavy atom. The molecule has 0 N–H and O–H groups in total. The average molecular weight is 170 g/mol. The molecule has 0 radical (unpaired) electrons. The maximum absolute atomic E-state index is 12.4. The summed E-state index contributed by atoms with van der Waals surface area (Å²) < 4.78 is 12.4. The summed E-state index contributed by atoms with van der Waals surface area (Å²) in [5.41, 5.74) is 0. The highest BCUT2D eigenvalue weighted by Crippen LogP contribution is 1.91. The lowest BCUT2D eigenvalue weighted by Crippen LogP contribution is -2.21. The molecule has 0 saturated heterocycles. The zero-order valence-corrected chi connectivity index (χ0v) is 7.74. The van der Waals surface area contributed by atoms with Crippen molar-refractivity contribution in [1.82, 2.24) is 5.12 Å². The number of halogens is 1. The molecule has 0 rings (SSSR count). The van der Waals surface area contributed by atoms with Crippen LogP contribution in [0.25, 0.3) is 0 Å². The van der Waals surface area contributed by atoms with Crippen LogP contribution in [0.1, 0.15) is 13.8 Å². The van der Waals surface area contributed by atoms with Gasteiger partial charge < -0.3 is 0 Å². The first kappa shape index (κ1) is 11.0. The maximum atomic E-state index is 12.4. The van der Waals surface area contributed by atoms with Gasteiger partial charge in [0, 0.05) is 19.5 Å².